The van der Waals surface area contributed by atoms with Gasteiger partial charge in [0.25, 0.3) is 0 Å². The molecule has 2 aromatic rings. The summed E-state index contributed by atoms with van der Waals surface area (Å²) >= 11 is 5.08. The Morgan fingerprint density at radius 3 is 2.86 bits per heavy atom. The van der Waals surface area contributed by atoms with Crippen molar-refractivity contribution in [1.82, 2.24) is 20.2 Å². The van der Waals surface area contributed by atoms with Gasteiger partial charge in [-0.3, -0.25) is 0 Å². The van der Waals surface area contributed by atoms with E-state index >= 15 is 0 Å². The van der Waals surface area contributed by atoms with Gasteiger partial charge in [-0.1, -0.05) is 16.4 Å². The number of H-pyrrole nitrogens is 1. The molecule has 1 saturated heterocycles. The summed E-state index contributed by atoms with van der Waals surface area (Å²) in [4.78, 5) is 13.0. The summed E-state index contributed by atoms with van der Waals surface area (Å²) in [5.41, 5.74) is 2.34. The number of carbonyl (C=O) groups excluding carboxylic acids is 1. The van der Waals surface area contributed by atoms with Crippen LogP contribution in [0.2, 0.25) is 0 Å². The van der Waals surface area contributed by atoms with Crippen molar-refractivity contribution < 1.29 is 61.3 Å². The number of hydrogen-bond donors (Lipinski definition) is 1. The molecule has 7 nitrogen and oxygen atoms in total. The van der Waals surface area contributed by atoms with E-state index in [0.29, 0.717) is 4.77 Å². The van der Waals surface area contributed by atoms with Gasteiger partial charge in [0.05, 0.1) is 5.69 Å². The van der Waals surface area contributed by atoms with Crippen molar-refractivity contribution in [2.75, 3.05) is 11.4 Å². The van der Waals surface area contributed by atoms with Crippen molar-refractivity contribution in [2.45, 2.75) is 19.3 Å². The summed E-state index contributed by atoms with van der Waals surface area (Å²) in [6, 6.07) is 5.44. The van der Waals surface area contributed by atoms with Crippen molar-refractivity contribution in [3.63, 3.8) is 0 Å². The number of carboxylic acid groups (broad SMARTS) is 1. The summed E-state index contributed by atoms with van der Waals surface area (Å²) in [6.45, 7) is 2.94. The van der Waals surface area contributed by atoms with Crippen LogP contribution < -0.4 is 61.4 Å². The minimum atomic E-state index is -1.09. The van der Waals surface area contributed by atoms with E-state index in [4.69, 9.17) is 12.2 Å². The molecule has 0 unspecified atom stereocenters. The molecule has 1 aromatic carbocycles. The number of aliphatic carboxylic acids is 1. The van der Waals surface area contributed by atoms with Crippen molar-refractivity contribution >= 4 is 23.9 Å². The summed E-state index contributed by atoms with van der Waals surface area (Å²) in [7, 11) is 0. The van der Waals surface area contributed by atoms with Gasteiger partial charge in [0.15, 0.2) is 0 Å². The Balaban J connectivity index is 0.00000176. The predicted octanol–water partition coefficient (Wildman–Crippen LogP) is -2.62. The number of carboxylic acids is 1. The van der Waals surface area contributed by atoms with Gasteiger partial charge >= 0.3 is 51.4 Å². The molecule has 0 amide bonds. The molecule has 0 bridgehead atoms. The van der Waals surface area contributed by atoms with Crippen LogP contribution in [0.25, 0.3) is 5.69 Å². The third-order valence-corrected chi connectivity index (χ3v) is 3.66. The predicted molar refractivity (Wildman–Crippen MR) is 76.1 cm³/mol. The minimum Gasteiger partial charge on any atom is -0.550 e. The third kappa shape index (κ3) is 3.84. The Kier molecular flexibility index (Phi) is 6.30. The van der Waals surface area contributed by atoms with Crippen LogP contribution in [-0.2, 0) is 11.2 Å². The standard InChI is InChI=1S/C13H14N5O2S.K/c19-12(20)7-9-3-4-10(18-13(21)14-15-16-18)8-11(9)17-5-1-2-6-17;/h3-5,8H,1-2,6-7H2,(H,19,20)(H,14,16,21);/q;+1/p-1. The minimum absolute atomic E-state index is 0. The summed E-state index contributed by atoms with van der Waals surface area (Å²) in [5.74, 6) is -1.09. The Bertz CT molecular complexity index is 723. The van der Waals surface area contributed by atoms with E-state index in [2.05, 4.69) is 27.0 Å². The van der Waals surface area contributed by atoms with Crippen LogP contribution in [0.1, 0.15) is 18.4 Å². The van der Waals surface area contributed by atoms with Gasteiger partial charge < -0.3 is 14.8 Å². The number of aromatic nitrogens is 4. The van der Waals surface area contributed by atoms with Gasteiger partial charge in [-0.15, -0.1) is 0 Å². The van der Waals surface area contributed by atoms with E-state index < -0.39 is 5.97 Å². The van der Waals surface area contributed by atoms with Gasteiger partial charge in [-0.2, -0.15) is 5.21 Å². The number of rotatable bonds is 4. The summed E-state index contributed by atoms with van der Waals surface area (Å²) in [5, 5.41) is 21.0. The van der Waals surface area contributed by atoms with Crippen LogP contribution in [0, 0.1) is 11.3 Å². The van der Waals surface area contributed by atoms with E-state index in [1.165, 1.54) is 0 Å². The summed E-state index contributed by atoms with van der Waals surface area (Å²) in [6.07, 6.45) is 1.92. The number of benzene rings is 1. The first kappa shape index (κ1) is 17.8. The molecule has 109 valence electrons. The van der Waals surface area contributed by atoms with Crippen LogP contribution >= 0.6 is 12.2 Å². The quantitative estimate of drug-likeness (QED) is 0.483. The van der Waals surface area contributed by atoms with E-state index in [1.807, 2.05) is 6.07 Å². The smallest absolute Gasteiger partial charge is 0.550 e. The molecule has 1 aliphatic heterocycles. The fraction of sp³-hybridized carbons (Fsp3) is 0.308. The molecular formula is C13H13KN5O2S. The van der Waals surface area contributed by atoms with Crippen LogP contribution in [0.5, 0.6) is 0 Å². The fourth-order valence-electron chi connectivity index (χ4n) is 2.45. The number of aromatic amines is 1. The molecule has 0 atom stereocenters. The Labute approximate surface area is 175 Å². The maximum Gasteiger partial charge on any atom is 1.00 e. The normalized spacial score (nSPS) is 13.9. The number of nitrogens with zero attached hydrogens (tertiary/aromatic N) is 4. The zero-order chi connectivity index (χ0) is 14.8. The molecule has 0 spiro atoms. The molecule has 1 aliphatic rings. The first-order chi connectivity index (χ1) is 10.1. The molecule has 1 fully saturated rings. The monoisotopic (exact) mass is 342 g/mol. The molecule has 22 heavy (non-hydrogen) atoms. The number of nitrogens with one attached hydrogen (secondary N) is 1. The van der Waals surface area contributed by atoms with E-state index in [0.717, 1.165) is 36.3 Å². The maximum atomic E-state index is 10.9. The molecule has 2 heterocycles. The van der Waals surface area contributed by atoms with Crippen molar-refractivity contribution in [1.29, 1.82) is 0 Å². The van der Waals surface area contributed by atoms with Crippen molar-refractivity contribution in [2.24, 2.45) is 0 Å². The van der Waals surface area contributed by atoms with E-state index in [-0.39, 0.29) is 57.8 Å². The van der Waals surface area contributed by atoms with Crippen molar-refractivity contribution in [3.8, 4) is 5.69 Å². The Morgan fingerprint density at radius 2 is 2.27 bits per heavy atom. The van der Waals surface area contributed by atoms with Gasteiger partial charge in [-0.25, -0.2) is 4.68 Å². The zero-order valence-electron chi connectivity index (χ0n) is 12.2. The average molecular weight is 342 g/mol. The van der Waals surface area contributed by atoms with E-state index in [9.17, 15) is 9.90 Å². The molecule has 0 aliphatic carbocycles. The van der Waals surface area contributed by atoms with Gasteiger partial charge in [0.2, 0.25) is 4.77 Å². The summed E-state index contributed by atoms with van der Waals surface area (Å²) < 4.78 is 1.89. The number of carbonyl (C=O) groups is 1. The number of hydrogen-bond acceptors (Lipinski definition) is 6. The molecule has 0 saturated carbocycles. The van der Waals surface area contributed by atoms with E-state index in [1.54, 1.807) is 16.8 Å². The first-order valence-electron chi connectivity index (χ1n) is 6.58. The second-order valence-corrected chi connectivity index (χ2v) is 5.16. The van der Waals surface area contributed by atoms with Crippen LogP contribution in [0.3, 0.4) is 0 Å². The molecule has 1 N–H and O–H groups in total. The second kappa shape index (κ2) is 7.80. The second-order valence-electron chi connectivity index (χ2n) is 4.80. The topological polar surface area (TPSA) is 89.9 Å². The van der Waals surface area contributed by atoms with Gasteiger partial charge in [-0.05, 0) is 42.8 Å². The Hall–Kier alpha value is -0.584. The third-order valence-electron chi connectivity index (χ3n) is 3.40. The molecule has 9 heteroatoms. The van der Waals surface area contributed by atoms with Crippen LogP contribution in [0.15, 0.2) is 18.2 Å². The van der Waals surface area contributed by atoms with Crippen LogP contribution in [-0.4, -0.2) is 32.7 Å². The Morgan fingerprint density at radius 1 is 1.45 bits per heavy atom. The zero-order valence-corrected chi connectivity index (χ0v) is 16.1. The largest absolute Gasteiger partial charge is 1.00 e. The fourth-order valence-corrected chi connectivity index (χ4v) is 2.64. The molecule has 1 radical (unpaired) electrons. The van der Waals surface area contributed by atoms with Gasteiger partial charge in [0.1, 0.15) is 0 Å². The van der Waals surface area contributed by atoms with Crippen LogP contribution in [0.4, 0.5) is 5.69 Å². The SMILES string of the molecule is O=C([O-])Cc1ccc(-n2[nH]nnc2=S)cc1N1[CH]CCC1.[K+]. The molecule has 3 rings (SSSR count). The average Bonchev–Trinajstić information content (AvgIpc) is 3.10. The number of tetrazole rings is 1. The van der Waals surface area contributed by atoms with Gasteiger partial charge in [0, 0.05) is 31.2 Å². The molecular weight excluding hydrogens is 329 g/mol. The molecule has 1 aromatic heterocycles. The first-order valence-corrected chi connectivity index (χ1v) is 6.99. The van der Waals surface area contributed by atoms with Crippen molar-refractivity contribution in [3.05, 3.63) is 35.1 Å². The maximum absolute atomic E-state index is 10.9. The number of anilines is 1.